The Morgan fingerprint density at radius 2 is 2.00 bits per heavy atom. The van der Waals surface area contributed by atoms with E-state index in [-0.39, 0.29) is 12.4 Å². The van der Waals surface area contributed by atoms with Gasteiger partial charge in [0.15, 0.2) is 0 Å². The van der Waals surface area contributed by atoms with Crippen molar-refractivity contribution in [1.82, 2.24) is 9.55 Å². The Hall–Kier alpha value is -1.06. The molecule has 100 valence electrons. The fourth-order valence-corrected chi connectivity index (χ4v) is 2.13. The van der Waals surface area contributed by atoms with Crippen molar-refractivity contribution in [3.05, 3.63) is 30.1 Å². The maximum absolute atomic E-state index is 5.22. The van der Waals surface area contributed by atoms with Crippen LogP contribution in [0, 0.1) is 0 Å². The number of unbranched alkanes of at least 4 members (excludes halogenated alkanes) is 2. The molecule has 0 atom stereocenters. The van der Waals surface area contributed by atoms with Crippen LogP contribution in [0.4, 0.5) is 0 Å². The lowest BCUT2D eigenvalue weighted by Crippen LogP contribution is -2.05. The molecule has 0 fully saturated rings. The number of benzene rings is 1. The Morgan fingerprint density at radius 1 is 1.22 bits per heavy atom. The van der Waals surface area contributed by atoms with E-state index in [0.29, 0.717) is 6.61 Å². The lowest BCUT2D eigenvalue weighted by Gasteiger charge is -2.08. The van der Waals surface area contributed by atoms with Crippen LogP contribution in [0.25, 0.3) is 11.0 Å². The number of hydrogen-bond acceptors (Lipinski definition) is 2. The van der Waals surface area contributed by atoms with Crippen LogP contribution >= 0.6 is 12.4 Å². The van der Waals surface area contributed by atoms with Gasteiger partial charge >= 0.3 is 0 Å². The van der Waals surface area contributed by atoms with Gasteiger partial charge in [-0.05, 0) is 18.6 Å². The van der Waals surface area contributed by atoms with Crippen LogP contribution in [-0.4, -0.2) is 16.7 Å². The smallest absolute Gasteiger partial charge is 0.135 e. The number of halogens is 1. The molecule has 0 amide bonds. The lowest BCUT2D eigenvalue weighted by molar-refractivity contribution is 0.174. The second-order valence-corrected chi connectivity index (χ2v) is 4.31. The third-order valence-electron chi connectivity index (χ3n) is 2.99. The SMILES string of the molecule is CCCCCn1c(COC)nc2ccccc21.Cl. The van der Waals surface area contributed by atoms with E-state index in [0.717, 1.165) is 17.9 Å². The normalized spacial score (nSPS) is 10.6. The van der Waals surface area contributed by atoms with Crippen molar-refractivity contribution in [2.75, 3.05) is 7.11 Å². The summed E-state index contributed by atoms with van der Waals surface area (Å²) < 4.78 is 7.51. The molecule has 1 aromatic carbocycles. The van der Waals surface area contributed by atoms with Crippen LogP contribution in [0.2, 0.25) is 0 Å². The molecule has 0 unspecified atom stereocenters. The van der Waals surface area contributed by atoms with Gasteiger partial charge in [-0.25, -0.2) is 4.98 Å². The maximum atomic E-state index is 5.22. The molecule has 2 aromatic rings. The number of nitrogens with zero attached hydrogens (tertiary/aromatic N) is 2. The molecule has 3 nitrogen and oxygen atoms in total. The van der Waals surface area contributed by atoms with Crippen LogP contribution in [0.3, 0.4) is 0 Å². The Balaban J connectivity index is 0.00000162. The highest BCUT2D eigenvalue weighted by molar-refractivity contribution is 5.85. The van der Waals surface area contributed by atoms with E-state index in [1.165, 1.54) is 24.8 Å². The summed E-state index contributed by atoms with van der Waals surface area (Å²) in [6, 6.07) is 8.29. The minimum absolute atomic E-state index is 0. The number of ether oxygens (including phenoxy) is 1. The number of rotatable bonds is 6. The molecule has 2 rings (SSSR count). The van der Waals surface area contributed by atoms with Crippen molar-refractivity contribution < 1.29 is 4.74 Å². The van der Waals surface area contributed by atoms with Gasteiger partial charge in [0.25, 0.3) is 0 Å². The summed E-state index contributed by atoms with van der Waals surface area (Å²) in [5.74, 6) is 1.03. The van der Waals surface area contributed by atoms with E-state index in [9.17, 15) is 0 Å². The summed E-state index contributed by atoms with van der Waals surface area (Å²) in [7, 11) is 1.72. The molecule has 0 spiro atoms. The van der Waals surface area contributed by atoms with Gasteiger partial charge in [0.2, 0.25) is 0 Å². The Kier molecular flexibility index (Phi) is 6.16. The summed E-state index contributed by atoms with van der Waals surface area (Å²) in [5.41, 5.74) is 2.28. The quantitative estimate of drug-likeness (QED) is 0.745. The largest absolute Gasteiger partial charge is 0.377 e. The number of imidazole rings is 1. The van der Waals surface area contributed by atoms with Crippen molar-refractivity contribution in [3.8, 4) is 0 Å². The predicted octanol–water partition coefficient (Wildman–Crippen LogP) is 3.79. The number of fused-ring (bicyclic) bond motifs is 1. The van der Waals surface area contributed by atoms with Crippen molar-refractivity contribution in [3.63, 3.8) is 0 Å². The Morgan fingerprint density at radius 3 is 2.72 bits per heavy atom. The lowest BCUT2D eigenvalue weighted by atomic mass is 10.2. The summed E-state index contributed by atoms with van der Waals surface area (Å²) in [4.78, 5) is 4.62. The highest BCUT2D eigenvalue weighted by Gasteiger charge is 2.09. The summed E-state index contributed by atoms with van der Waals surface area (Å²) in [5, 5.41) is 0. The first-order chi connectivity index (χ1) is 8.36. The third kappa shape index (κ3) is 3.24. The second-order valence-electron chi connectivity index (χ2n) is 4.31. The van der Waals surface area contributed by atoms with Crippen molar-refractivity contribution in [2.45, 2.75) is 39.3 Å². The van der Waals surface area contributed by atoms with Crippen molar-refractivity contribution in [1.29, 1.82) is 0 Å². The Labute approximate surface area is 115 Å². The predicted molar refractivity (Wildman–Crippen MR) is 77.2 cm³/mol. The molecule has 4 heteroatoms. The molecule has 18 heavy (non-hydrogen) atoms. The van der Waals surface area contributed by atoms with Crippen molar-refractivity contribution in [2.24, 2.45) is 0 Å². The third-order valence-corrected chi connectivity index (χ3v) is 2.99. The number of hydrogen-bond donors (Lipinski definition) is 0. The van der Waals surface area contributed by atoms with Gasteiger partial charge in [0.1, 0.15) is 12.4 Å². The summed E-state index contributed by atoms with van der Waals surface area (Å²) in [6.07, 6.45) is 3.71. The zero-order chi connectivity index (χ0) is 12.1. The average molecular weight is 269 g/mol. The fourth-order valence-electron chi connectivity index (χ4n) is 2.13. The van der Waals surface area contributed by atoms with Gasteiger partial charge in [-0.2, -0.15) is 0 Å². The number of aryl methyl sites for hydroxylation is 1. The first kappa shape index (κ1) is 15.0. The van der Waals surface area contributed by atoms with E-state index in [4.69, 9.17) is 4.74 Å². The molecule has 0 aliphatic carbocycles. The van der Waals surface area contributed by atoms with Crippen LogP contribution in [0.5, 0.6) is 0 Å². The van der Waals surface area contributed by atoms with E-state index in [2.05, 4.69) is 34.7 Å². The number of aromatic nitrogens is 2. The minimum Gasteiger partial charge on any atom is -0.377 e. The highest BCUT2D eigenvalue weighted by Crippen LogP contribution is 2.17. The second kappa shape index (κ2) is 7.39. The zero-order valence-corrected chi connectivity index (χ0v) is 11.9. The molecule has 1 aromatic heterocycles. The average Bonchev–Trinajstić information content (AvgIpc) is 2.69. The Bertz CT molecular complexity index is 482. The molecule has 0 bridgehead atoms. The van der Waals surface area contributed by atoms with Crippen molar-refractivity contribution >= 4 is 23.4 Å². The van der Waals surface area contributed by atoms with E-state index in [1.807, 2.05) is 6.07 Å². The molecule has 0 aliphatic rings. The first-order valence-corrected chi connectivity index (χ1v) is 6.30. The monoisotopic (exact) mass is 268 g/mol. The van der Waals surface area contributed by atoms with Gasteiger partial charge in [-0.1, -0.05) is 31.9 Å². The van der Waals surface area contributed by atoms with Gasteiger partial charge in [-0.3, -0.25) is 0 Å². The maximum Gasteiger partial charge on any atom is 0.135 e. The van der Waals surface area contributed by atoms with E-state index < -0.39 is 0 Å². The molecule has 0 N–H and O–H groups in total. The number of methoxy groups -OCH3 is 1. The standard InChI is InChI=1S/C14H20N2O.ClH/c1-3-4-7-10-16-13-9-6-5-8-12(13)15-14(16)11-17-2;/h5-6,8-9H,3-4,7,10-11H2,1-2H3;1H. The molecule has 0 radical (unpaired) electrons. The highest BCUT2D eigenvalue weighted by atomic mass is 35.5. The van der Waals surface area contributed by atoms with Crippen LogP contribution in [0.15, 0.2) is 24.3 Å². The van der Waals surface area contributed by atoms with E-state index in [1.54, 1.807) is 7.11 Å². The van der Waals surface area contributed by atoms with Crippen LogP contribution in [0.1, 0.15) is 32.0 Å². The molecular weight excluding hydrogens is 248 g/mol. The molecular formula is C14H21ClN2O. The van der Waals surface area contributed by atoms with Gasteiger partial charge < -0.3 is 9.30 Å². The first-order valence-electron chi connectivity index (χ1n) is 6.30. The van der Waals surface area contributed by atoms with Gasteiger partial charge in [0.05, 0.1) is 11.0 Å². The summed E-state index contributed by atoms with van der Waals surface area (Å²) >= 11 is 0. The molecule has 0 saturated heterocycles. The van der Waals surface area contributed by atoms with E-state index >= 15 is 0 Å². The topological polar surface area (TPSA) is 27.1 Å². The molecule has 0 saturated carbocycles. The summed E-state index contributed by atoms with van der Waals surface area (Å²) in [6.45, 7) is 3.84. The fraction of sp³-hybridized carbons (Fsp3) is 0.500. The molecule has 1 heterocycles. The molecule has 0 aliphatic heterocycles. The van der Waals surface area contributed by atoms with Crippen LogP contribution < -0.4 is 0 Å². The minimum atomic E-state index is 0. The number of para-hydroxylation sites is 2. The van der Waals surface area contributed by atoms with Gasteiger partial charge in [0, 0.05) is 13.7 Å². The van der Waals surface area contributed by atoms with Crippen LogP contribution in [-0.2, 0) is 17.9 Å². The van der Waals surface area contributed by atoms with Gasteiger partial charge in [-0.15, -0.1) is 12.4 Å². The zero-order valence-electron chi connectivity index (χ0n) is 11.1.